The Morgan fingerprint density at radius 3 is 2.31 bits per heavy atom. The summed E-state index contributed by atoms with van der Waals surface area (Å²) in [4.78, 5) is 14.2. The zero-order valence-electron chi connectivity index (χ0n) is 17.0. The van der Waals surface area contributed by atoms with Crippen LogP contribution >= 0.6 is 12.2 Å². The number of rotatable bonds is 4. The Kier molecular flexibility index (Phi) is 6.29. The molecule has 0 radical (unpaired) electrons. The zero-order chi connectivity index (χ0) is 21.0. The predicted molar refractivity (Wildman–Crippen MR) is 123 cm³/mol. The van der Waals surface area contributed by atoms with E-state index in [1.807, 2.05) is 49.2 Å². The number of carbonyl (C=O) groups is 1. The lowest BCUT2D eigenvalue weighted by atomic mass is 10.1. The van der Waals surface area contributed by atoms with Gasteiger partial charge in [0.25, 0.3) is 11.1 Å². The first kappa shape index (κ1) is 20.6. The second kappa shape index (κ2) is 8.88. The van der Waals surface area contributed by atoms with Crippen LogP contribution in [0.1, 0.15) is 27.0 Å². The number of anilines is 2. The number of hydrogen-bond donors (Lipinski definition) is 1. The molecule has 5 heteroatoms. The summed E-state index contributed by atoms with van der Waals surface area (Å²) in [5, 5.41) is 3.23. The van der Waals surface area contributed by atoms with Gasteiger partial charge in [0.05, 0.1) is 0 Å². The van der Waals surface area contributed by atoms with Crippen molar-refractivity contribution in [3.8, 4) is 5.75 Å². The SMILES string of the molecule is Cc1cccc(NC(=O)c2ccc(OC(=S)N(C)c3ccc(C)c(C)c3)cc2)c1. The lowest BCUT2D eigenvalue weighted by Gasteiger charge is -2.21. The number of carbonyl (C=O) groups excluding carboxylic acids is 1. The highest BCUT2D eigenvalue weighted by Crippen LogP contribution is 2.20. The Labute approximate surface area is 177 Å². The van der Waals surface area contributed by atoms with Crippen molar-refractivity contribution in [1.82, 2.24) is 0 Å². The van der Waals surface area contributed by atoms with Crippen molar-refractivity contribution < 1.29 is 9.53 Å². The quantitative estimate of drug-likeness (QED) is 0.569. The van der Waals surface area contributed by atoms with E-state index in [1.165, 1.54) is 11.1 Å². The number of aryl methyl sites for hydroxylation is 3. The Hall–Kier alpha value is -3.18. The van der Waals surface area contributed by atoms with Crippen LogP contribution in [0.5, 0.6) is 5.75 Å². The van der Waals surface area contributed by atoms with Gasteiger partial charge in [-0.2, -0.15) is 0 Å². The molecule has 3 rings (SSSR count). The molecule has 148 valence electrons. The van der Waals surface area contributed by atoms with E-state index in [0.29, 0.717) is 16.5 Å². The lowest BCUT2D eigenvalue weighted by Crippen LogP contribution is -2.29. The van der Waals surface area contributed by atoms with Gasteiger partial charge in [0, 0.05) is 24.0 Å². The first-order valence-electron chi connectivity index (χ1n) is 9.34. The van der Waals surface area contributed by atoms with Gasteiger partial charge in [-0.15, -0.1) is 0 Å². The van der Waals surface area contributed by atoms with E-state index in [-0.39, 0.29) is 5.91 Å². The molecule has 29 heavy (non-hydrogen) atoms. The highest BCUT2D eigenvalue weighted by molar-refractivity contribution is 7.80. The van der Waals surface area contributed by atoms with E-state index in [1.54, 1.807) is 24.3 Å². The first-order chi connectivity index (χ1) is 13.8. The summed E-state index contributed by atoms with van der Waals surface area (Å²) < 4.78 is 5.80. The van der Waals surface area contributed by atoms with E-state index in [0.717, 1.165) is 16.9 Å². The van der Waals surface area contributed by atoms with Gasteiger partial charge in [-0.05, 0) is 98.2 Å². The molecule has 0 atom stereocenters. The van der Waals surface area contributed by atoms with Gasteiger partial charge in [0.15, 0.2) is 0 Å². The molecule has 0 aliphatic heterocycles. The molecule has 0 spiro atoms. The van der Waals surface area contributed by atoms with Crippen LogP contribution in [0, 0.1) is 20.8 Å². The molecule has 0 saturated carbocycles. The number of nitrogens with zero attached hydrogens (tertiary/aromatic N) is 1. The highest BCUT2D eigenvalue weighted by atomic mass is 32.1. The van der Waals surface area contributed by atoms with Gasteiger partial charge in [0.1, 0.15) is 5.75 Å². The summed E-state index contributed by atoms with van der Waals surface area (Å²) in [7, 11) is 1.87. The summed E-state index contributed by atoms with van der Waals surface area (Å²) in [6, 6.07) is 20.8. The summed E-state index contributed by atoms with van der Waals surface area (Å²) in [6.45, 7) is 6.13. The summed E-state index contributed by atoms with van der Waals surface area (Å²) >= 11 is 5.42. The number of amides is 1. The smallest absolute Gasteiger partial charge is 0.269 e. The molecule has 1 N–H and O–H groups in total. The van der Waals surface area contributed by atoms with Crippen LogP contribution < -0.4 is 15.0 Å². The molecular formula is C24H24N2O2S. The van der Waals surface area contributed by atoms with Crippen molar-refractivity contribution in [3.05, 3.63) is 89.0 Å². The van der Waals surface area contributed by atoms with Crippen molar-refractivity contribution in [2.45, 2.75) is 20.8 Å². The fourth-order valence-corrected chi connectivity index (χ4v) is 3.01. The van der Waals surface area contributed by atoms with Gasteiger partial charge < -0.3 is 15.0 Å². The topological polar surface area (TPSA) is 41.6 Å². The molecule has 0 aliphatic carbocycles. The first-order valence-corrected chi connectivity index (χ1v) is 9.75. The third-order valence-electron chi connectivity index (χ3n) is 4.75. The maximum Gasteiger partial charge on any atom is 0.269 e. The molecule has 1 amide bonds. The highest BCUT2D eigenvalue weighted by Gasteiger charge is 2.11. The predicted octanol–water partition coefficient (Wildman–Crippen LogP) is 5.66. The molecule has 4 nitrogen and oxygen atoms in total. The van der Waals surface area contributed by atoms with Crippen molar-refractivity contribution in [2.75, 3.05) is 17.3 Å². The van der Waals surface area contributed by atoms with Crippen LogP contribution in [0.2, 0.25) is 0 Å². The molecule has 0 heterocycles. The molecule has 0 aliphatic rings. The van der Waals surface area contributed by atoms with Crippen LogP contribution in [0.15, 0.2) is 66.7 Å². The minimum absolute atomic E-state index is 0.169. The third kappa shape index (κ3) is 5.21. The van der Waals surface area contributed by atoms with Gasteiger partial charge in [-0.1, -0.05) is 18.2 Å². The second-order valence-corrected chi connectivity index (χ2v) is 7.39. The minimum Gasteiger partial charge on any atom is -0.432 e. The van der Waals surface area contributed by atoms with E-state index in [9.17, 15) is 4.79 Å². The normalized spacial score (nSPS) is 10.3. The number of nitrogens with one attached hydrogen (secondary N) is 1. The van der Waals surface area contributed by atoms with Crippen LogP contribution in [0.4, 0.5) is 11.4 Å². The zero-order valence-corrected chi connectivity index (χ0v) is 17.8. The largest absolute Gasteiger partial charge is 0.432 e. The molecule has 0 unspecified atom stereocenters. The van der Waals surface area contributed by atoms with E-state index < -0.39 is 0 Å². The Morgan fingerprint density at radius 1 is 0.931 bits per heavy atom. The van der Waals surface area contributed by atoms with E-state index >= 15 is 0 Å². The Bertz CT molecular complexity index is 1050. The van der Waals surface area contributed by atoms with Crippen molar-refractivity contribution in [3.63, 3.8) is 0 Å². The maximum atomic E-state index is 12.4. The fourth-order valence-electron chi connectivity index (χ4n) is 2.81. The summed E-state index contributed by atoms with van der Waals surface area (Å²) in [5.74, 6) is 0.412. The van der Waals surface area contributed by atoms with Gasteiger partial charge in [-0.25, -0.2) is 0 Å². The molecule has 0 aromatic heterocycles. The van der Waals surface area contributed by atoms with Crippen LogP contribution in [0.3, 0.4) is 0 Å². The van der Waals surface area contributed by atoms with Crippen molar-refractivity contribution in [2.24, 2.45) is 0 Å². The third-order valence-corrected chi connectivity index (χ3v) is 5.11. The van der Waals surface area contributed by atoms with Crippen LogP contribution in [-0.2, 0) is 0 Å². The standard InChI is InChI=1S/C24H24N2O2S/c1-16-6-5-7-20(14-16)25-23(27)19-9-12-22(13-10-19)28-24(29)26(4)21-11-8-17(2)18(3)15-21/h5-15H,1-4H3,(H,25,27). The average molecular weight is 405 g/mol. The maximum absolute atomic E-state index is 12.4. The fraction of sp³-hybridized carbons (Fsp3) is 0.167. The molecular weight excluding hydrogens is 380 g/mol. The molecule has 0 fully saturated rings. The van der Waals surface area contributed by atoms with Crippen molar-refractivity contribution in [1.29, 1.82) is 0 Å². The molecule has 0 bridgehead atoms. The molecule has 3 aromatic rings. The average Bonchev–Trinajstić information content (AvgIpc) is 2.70. The number of benzene rings is 3. The minimum atomic E-state index is -0.169. The Balaban J connectivity index is 1.64. The number of ether oxygens (including phenoxy) is 1. The number of thiocarbonyl (C=S) groups is 1. The monoisotopic (exact) mass is 404 g/mol. The number of hydrogen-bond acceptors (Lipinski definition) is 3. The van der Waals surface area contributed by atoms with Gasteiger partial charge in [-0.3, -0.25) is 4.79 Å². The second-order valence-electron chi connectivity index (χ2n) is 7.04. The summed E-state index contributed by atoms with van der Waals surface area (Å²) in [6.07, 6.45) is 0. The van der Waals surface area contributed by atoms with E-state index in [4.69, 9.17) is 17.0 Å². The molecule has 3 aromatic carbocycles. The van der Waals surface area contributed by atoms with Gasteiger partial charge >= 0.3 is 0 Å². The van der Waals surface area contributed by atoms with E-state index in [2.05, 4.69) is 31.3 Å². The Morgan fingerprint density at radius 2 is 1.66 bits per heavy atom. The summed E-state index contributed by atoms with van der Waals surface area (Å²) in [5.41, 5.74) is 5.80. The van der Waals surface area contributed by atoms with Crippen LogP contribution in [0.25, 0.3) is 0 Å². The van der Waals surface area contributed by atoms with Crippen LogP contribution in [-0.4, -0.2) is 18.1 Å². The van der Waals surface area contributed by atoms with Crippen molar-refractivity contribution >= 4 is 34.7 Å². The van der Waals surface area contributed by atoms with Gasteiger partial charge in [0.2, 0.25) is 0 Å². The molecule has 0 saturated heterocycles. The lowest BCUT2D eigenvalue weighted by molar-refractivity contribution is 0.102.